The van der Waals surface area contributed by atoms with Gasteiger partial charge in [-0.05, 0) is 11.4 Å². The summed E-state index contributed by atoms with van der Waals surface area (Å²) in [5.74, 6) is 0. The first-order valence-electron chi connectivity index (χ1n) is 3.94. The molecule has 2 rings (SSSR count). The lowest BCUT2D eigenvalue weighted by Crippen LogP contribution is -2.24. The topological polar surface area (TPSA) is 6.48 Å². The lowest BCUT2D eigenvalue weighted by Gasteiger charge is -2.26. The van der Waals surface area contributed by atoms with Gasteiger partial charge >= 0.3 is 0 Å². The summed E-state index contributed by atoms with van der Waals surface area (Å²) in [4.78, 5) is 5.82. The highest BCUT2D eigenvalue weighted by molar-refractivity contribution is 7.10. The highest BCUT2D eigenvalue weighted by Crippen LogP contribution is 2.30. The van der Waals surface area contributed by atoms with E-state index in [1.54, 1.807) is 11.3 Å². The Morgan fingerprint density at radius 3 is 2.42 bits per heavy atom. The van der Waals surface area contributed by atoms with Crippen molar-refractivity contribution >= 4 is 11.3 Å². The number of hydrogen-bond acceptors (Lipinski definition) is 3. The molecule has 1 aliphatic heterocycles. The van der Waals surface area contributed by atoms with Gasteiger partial charge in [-0.2, -0.15) is 0 Å². The van der Waals surface area contributed by atoms with E-state index in [0.717, 1.165) is 0 Å². The minimum Gasteiger partial charge on any atom is -0.355 e. The van der Waals surface area contributed by atoms with Gasteiger partial charge in [-0.1, -0.05) is 6.07 Å². The van der Waals surface area contributed by atoms with Crippen LogP contribution in [0, 0.1) is 0 Å². The molecule has 3 heteroatoms. The Morgan fingerprint density at radius 1 is 1.25 bits per heavy atom. The molecule has 0 bridgehead atoms. The largest absolute Gasteiger partial charge is 0.355 e. The first-order chi connectivity index (χ1) is 5.79. The predicted molar refractivity (Wildman–Crippen MR) is 51.7 cm³/mol. The van der Waals surface area contributed by atoms with Crippen molar-refractivity contribution in [1.82, 2.24) is 9.80 Å². The molecule has 0 aliphatic carbocycles. The summed E-state index contributed by atoms with van der Waals surface area (Å²) in [6, 6.07) is 4.27. The molecule has 1 aromatic rings. The summed E-state index contributed by atoms with van der Waals surface area (Å²) in [6.45, 7) is 0. The Bertz CT molecular complexity index is 267. The quantitative estimate of drug-likeness (QED) is 0.653. The standard InChI is InChI=1S/C9H12N2S/c1-10-5-6-11(2)9(10)8-4-3-7-12-8/h3-7,9H,1-2H3. The van der Waals surface area contributed by atoms with Crippen LogP contribution in [0.3, 0.4) is 0 Å². The van der Waals surface area contributed by atoms with Gasteiger partial charge in [0.05, 0.1) is 0 Å². The van der Waals surface area contributed by atoms with E-state index in [4.69, 9.17) is 0 Å². The van der Waals surface area contributed by atoms with Crippen molar-refractivity contribution in [3.63, 3.8) is 0 Å². The maximum atomic E-state index is 2.21. The maximum Gasteiger partial charge on any atom is 0.136 e. The Kier molecular flexibility index (Phi) is 1.81. The molecular formula is C9H12N2S. The molecule has 1 aromatic heterocycles. The third-order valence-corrected chi connectivity index (χ3v) is 3.02. The monoisotopic (exact) mass is 180 g/mol. The second-order valence-corrected chi connectivity index (χ2v) is 4.00. The number of hydrogen-bond donors (Lipinski definition) is 0. The lowest BCUT2D eigenvalue weighted by atomic mass is 10.3. The number of rotatable bonds is 1. The van der Waals surface area contributed by atoms with Gasteiger partial charge in [0.1, 0.15) is 6.17 Å². The van der Waals surface area contributed by atoms with E-state index >= 15 is 0 Å². The van der Waals surface area contributed by atoms with Crippen LogP contribution in [0.2, 0.25) is 0 Å². The highest BCUT2D eigenvalue weighted by atomic mass is 32.1. The molecule has 0 aromatic carbocycles. The predicted octanol–water partition coefficient (Wildman–Crippen LogP) is 2.10. The molecule has 0 N–H and O–H groups in total. The summed E-state index contributed by atoms with van der Waals surface area (Å²) in [5, 5.41) is 2.12. The Labute approximate surface area is 76.7 Å². The van der Waals surface area contributed by atoms with Crippen molar-refractivity contribution in [3.8, 4) is 0 Å². The first-order valence-corrected chi connectivity index (χ1v) is 4.82. The van der Waals surface area contributed by atoms with Gasteiger partial charge in [-0.3, -0.25) is 0 Å². The van der Waals surface area contributed by atoms with E-state index in [2.05, 4.69) is 53.8 Å². The van der Waals surface area contributed by atoms with Crippen molar-refractivity contribution in [2.45, 2.75) is 6.17 Å². The second-order valence-electron chi connectivity index (χ2n) is 3.02. The van der Waals surface area contributed by atoms with Crippen molar-refractivity contribution in [3.05, 3.63) is 34.8 Å². The fraction of sp³-hybridized carbons (Fsp3) is 0.333. The first kappa shape index (κ1) is 7.68. The van der Waals surface area contributed by atoms with Crippen LogP contribution in [-0.4, -0.2) is 23.9 Å². The summed E-state index contributed by atoms with van der Waals surface area (Å²) in [7, 11) is 4.20. The Morgan fingerprint density at radius 2 is 1.92 bits per heavy atom. The minimum atomic E-state index is 0.407. The number of thiophene rings is 1. The zero-order chi connectivity index (χ0) is 8.55. The van der Waals surface area contributed by atoms with Crippen molar-refractivity contribution in [2.24, 2.45) is 0 Å². The summed E-state index contributed by atoms with van der Waals surface area (Å²) >= 11 is 1.80. The molecule has 0 saturated carbocycles. The minimum absolute atomic E-state index is 0.407. The molecule has 0 unspecified atom stereocenters. The molecule has 0 radical (unpaired) electrons. The van der Waals surface area contributed by atoms with E-state index in [1.165, 1.54) is 4.88 Å². The van der Waals surface area contributed by atoms with Crippen LogP contribution in [0.5, 0.6) is 0 Å². The van der Waals surface area contributed by atoms with Gasteiger partial charge in [0.2, 0.25) is 0 Å². The fourth-order valence-electron chi connectivity index (χ4n) is 1.50. The van der Waals surface area contributed by atoms with E-state index < -0.39 is 0 Å². The summed E-state index contributed by atoms with van der Waals surface area (Å²) < 4.78 is 0. The molecule has 0 spiro atoms. The van der Waals surface area contributed by atoms with Crippen molar-refractivity contribution in [2.75, 3.05) is 14.1 Å². The van der Waals surface area contributed by atoms with Gasteiger partial charge in [-0.15, -0.1) is 11.3 Å². The molecule has 0 amide bonds. The van der Waals surface area contributed by atoms with Crippen LogP contribution in [-0.2, 0) is 0 Å². The van der Waals surface area contributed by atoms with Gasteiger partial charge in [-0.25, -0.2) is 0 Å². The van der Waals surface area contributed by atoms with Crippen LogP contribution in [0.25, 0.3) is 0 Å². The third kappa shape index (κ3) is 1.10. The Balaban J connectivity index is 2.25. The van der Waals surface area contributed by atoms with E-state index in [9.17, 15) is 0 Å². The van der Waals surface area contributed by atoms with Gasteiger partial charge in [0.25, 0.3) is 0 Å². The molecule has 64 valence electrons. The molecule has 0 fully saturated rings. The van der Waals surface area contributed by atoms with Crippen molar-refractivity contribution < 1.29 is 0 Å². The Hall–Kier alpha value is -0.960. The van der Waals surface area contributed by atoms with Gasteiger partial charge in [0, 0.05) is 31.4 Å². The normalized spacial score (nSPS) is 17.8. The smallest absolute Gasteiger partial charge is 0.136 e. The molecule has 0 atom stereocenters. The highest BCUT2D eigenvalue weighted by Gasteiger charge is 2.22. The van der Waals surface area contributed by atoms with Crippen LogP contribution >= 0.6 is 11.3 Å². The molecule has 2 nitrogen and oxygen atoms in total. The van der Waals surface area contributed by atoms with E-state index in [1.807, 2.05) is 0 Å². The average molecular weight is 180 g/mol. The maximum absolute atomic E-state index is 2.21. The van der Waals surface area contributed by atoms with Crippen LogP contribution < -0.4 is 0 Å². The second kappa shape index (κ2) is 2.83. The van der Waals surface area contributed by atoms with E-state index in [0.29, 0.717) is 6.17 Å². The van der Waals surface area contributed by atoms with Crippen LogP contribution in [0.4, 0.5) is 0 Å². The van der Waals surface area contributed by atoms with Crippen LogP contribution in [0.15, 0.2) is 29.9 Å². The average Bonchev–Trinajstić information content (AvgIpc) is 2.61. The van der Waals surface area contributed by atoms with Crippen LogP contribution in [0.1, 0.15) is 11.0 Å². The summed E-state index contributed by atoms with van der Waals surface area (Å²) in [5.41, 5.74) is 0. The summed E-state index contributed by atoms with van der Waals surface area (Å²) in [6.07, 6.45) is 4.61. The van der Waals surface area contributed by atoms with Crippen molar-refractivity contribution in [1.29, 1.82) is 0 Å². The van der Waals surface area contributed by atoms with Gasteiger partial charge in [0.15, 0.2) is 0 Å². The SMILES string of the molecule is CN1C=CN(C)C1c1cccs1. The lowest BCUT2D eigenvalue weighted by molar-refractivity contribution is 0.213. The molecule has 0 saturated heterocycles. The third-order valence-electron chi connectivity index (χ3n) is 2.11. The molecule has 2 heterocycles. The van der Waals surface area contributed by atoms with Gasteiger partial charge < -0.3 is 9.80 Å². The zero-order valence-electron chi connectivity index (χ0n) is 7.27. The molecule has 12 heavy (non-hydrogen) atoms. The fourth-order valence-corrected chi connectivity index (χ4v) is 2.43. The van der Waals surface area contributed by atoms with E-state index in [-0.39, 0.29) is 0 Å². The molecule has 1 aliphatic rings. The number of nitrogens with zero attached hydrogens (tertiary/aromatic N) is 2. The zero-order valence-corrected chi connectivity index (χ0v) is 8.08. The molecular weight excluding hydrogens is 168 g/mol.